The number of hydrogen-bond donors (Lipinski definition) is 0. The van der Waals surface area contributed by atoms with Crippen molar-refractivity contribution in [2.75, 3.05) is 26.3 Å². The van der Waals surface area contributed by atoms with Gasteiger partial charge in [-0.3, -0.25) is 4.79 Å². The van der Waals surface area contributed by atoms with E-state index in [2.05, 4.69) is 0 Å². The largest absolute Gasteiger partial charge is 0.378 e. The summed E-state index contributed by atoms with van der Waals surface area (Å²) in [6.45, 7) is 1.28. The number of amides is 1. The number of halogens is 2. The predicted octanol–water partition coefficient (Wildman–Crippen LogP) is 0.110. The van der Waals surface area contributed by atoms with Crippen molar-refractivity contribution in [3.63, 3.8) is 0 Å². The molecule has 1 aliphatic heterocycles. The zero-order chi connectivity index (χ0) is 8.27. The number of ether oxygens (including phenoxy) is 1. The summed E-state index contributed by atoms with van der Waals surface area (Å²) in [4.78, 5) is 11.7. The summed E-state index contributed by atoms with van der Waals surface area (Å²) in [5.41, 5.74) is 0. The smallest absolute Gasteiger partial charge is 0.315 e. The summed E-state index contributed by atoms with van der Waals surface area (Å²) in [5, 5.41) is 0. The van der Waals surface area contributed by atoms with Gasteiger partial charge in [-0.15, -0.1) is 0 Å². The van der Waals surface area contributed by atoms with Gasteiger partial charge in [0.15, 0.2) is 0 Å². The van der Waals surface area contributed by atoms with Gasteiger partial charge in [0.05, 0.1) is 13.2 Å². The Morgan fingerprint density at radius 2 is 1.91 bits per heavy atom. The Hall–Kier alpha value is -0.710. The molecule has 0 N–H and O–H groups in total. The van der Waals surface area contributed by atoms with Gasteiger partial charge < -0.3 is 9.64 Å². The quantitative estimate of drug-likeness (QED) is 0.552. The maximum atomic E-state index is 11.8. The van der Waals surface area contributed by atoms with Gasteiger partial charge in [0, 0.05) is 13.1 Å². The Morgan fingerprint density at radius 3 is 2.36 bits per heavy atom. The summed E-state index contributed by atoms with van der Waals surface area (Å²) >= 11 is 0. The van der Waals surface area contributed by atoms with Crippen LogP contribution < -0.4 is 0 Å². The molecule has 0 saturated carbocycles. The minimum Gasteiger partial charge on any atom is -0.378 e. The SMILES string of the molecule is O=C(C(F)F)N1CCOCC1. The Labute approximate surface area is 62.9 Å². The molecule has 5 heteroatoms. The molecule has 1 aliphatic rings. The average molecular weight is 165 g/mol. The molecule has 0 aromatic heterocycles. The molecule has 11 heavy (non-hydrogen) atoms. The first-order valence-corrected chi connectivity index (χ1v) is 3.36. The van der Waals surface area contributed by atoms with Crippen molar-refractivity contribution in [1.29, 1.82) is 0 Å². The van der Waals surface area contributed by atoms with Crippen molar-refractivity contribution in [1.82, 2.24) is 4.90 Å². The average Bonchev–Trinajstić information content (AvgIpc) is 2.05. The Bertz CT molecular complexity index is 146. The maximum Gasteiger partial charge on any atom is 0.315 e. The van der Waals surface area contributed by atoms with Crippen LogP contribution in [0.1, 0.15) is 0 Å². The van der Waals surface area contributed by atoms with Crippen molar-refractivity contribution < 1.29 is 18.3 Å². The van der Waals surface area contributed by atoms with E-state index in [1.165, 1.54) is 0 Å². The van der Waals surface area contributed by atoms with Crippen molar-refractivity contribution in [3.05, 3.63) is 0 Å². The van der Waals surface area contributed by atoms with Gasteiger partial charge in [-0.2, -0.15) is 8.78 Å². The lowest BCUT2D eigenvalue weighted by atomic mass is 10.4. The molecule has 0 bridgehead atoms. The predicted molar refractivity (Wildman–Crippen MR) is 33.4 cm³/mol. The molecule has 1 fully saturated rings. The van der Waals surface area contributed by atoms with Gasteiger partial charge >= 0.3 is 6.43 Å². The molecule has 0 aliphatic carbocycles. The molecular weight excluding hydrogens is 156 g/mol. The van der Waals surface area contributed by atoms with E-state index in [0.717, 1.165) is 4.90 Å². The zero-order valence-electron chi connectivity index (χ0n) is 5.93. The molecular formula is C6H9F2NO2. The molecule has 0 unspecified atom stereocenters. The molecule has 1 amide bonds. The maximum absolute atomic E-state index is 11.8. The Kier molecular flexibility index (Phi) is 2.76. The van der Waals surface area contributed by atoms with E-state index >= 15 is 0 Å². The molecule has 1 rings (SSSR count). The van der Waals surface area contributed by atoms with Crippen LogP contribution in [0.3, 0.4) is 0 Å². The normalized spacial score (nSPS) is 19.0. The van der Waals surface area contributed by atoms with Gasteiger partial charge in [0.1, 0.15) is 0 Å². The van der Waals surface area contributed by atoms with Crippen LogP contribution in [0.5, 0.6) is 0 Å². The van der Waals surface area contributed by atoms with Crippen LogP contribution in [-0.2, 0) is 9.53 Å². The minimum atomic E-state index is -2.88. The van der Waals surface area contributed by atoms with Crippen molar-refractivity contribution in [2.24, 2.45) is 0 Å². The Morgan fingerprint density at radius 1 is 1.36 bits per heavy atom. The molecule has 1 heterocycles. The first-order valence-electron chi connectivity index (χ1n) is 3.36. The standard InChI is InChI=1S/C6H9F2NO2/c7-5(8)6(10)9-1-3-11-4-2-9/h5H,1-4H2. The first kappa shape index (κ1) is 8.39. The monoisotopic (exact) mass is 165 g/mol. The minimum absolute atomic E-state index is 0.281. The second-order valence-corrected chi connectivity index (χ2v) is 2.24. The molecule has 0 spiro atoms. The van der Waals surface area contributed by atoms with E-state index in [9.17, 15) is 13.6 Å². The summed E-state index contributed by atoms with van der Waals surface area (Å²) in [6, 6.07) is 0. The van der Waals surface area contributed by atoms with Gasteiger partial charge in [0.2, 0.25) is 0 Å². The number of carbonyl (C=O) groups is 1. The second-order valence-electron chi connectivity index (χ2n) is 2.24. The van der Waals surface area contributed by atoms with E-state index in [0.29, 0.717) is 13.2 Å². The van der Waals surface area contributed by atoms with Crippen LogP contribution in [-0.4, -0.2) is 43.5 Å². The third-order valence-electron chi connectivity index (χ3n) is 1.51. The lowest BCUT2D eigenvalue weighted by molar-refractivity contribution is -0.146. The van der Waals surface area contributed by atoms with Crippen LogP contribution >= 0.6 is 0 Å². The highest BCUT2D eigenvalue weighted by Crippen LogP contribution is 2.03. The molecule has 0 atom stereocenters. The lowest BCUT2D eigenvalue weighted by Crippen LogP contribution is -2.43. The molecule has 3 nitrogen and oxygen atoms in total. The molecule has 64 valence electrons. The van der Waals surface area contributed by atoms with Crippen LogP contribution in [0, 0.1) is 0 Å². The number of alkyl halides is 2. The number of rotatable bonds is 1. The third-order valence-corrected chi connectivity index (χ3v) is 1.51. The summed E-state index contributed by atoms with van der Waals surface area (Å²) in [7, 11) is 0. The highest BCUT2D eigenvalue weighted by atomic mass is 19.3. The van der Waals surface area contributed by atoms with E-state index in [1.807, 2.05) is 0 Å². The van der Waals surface area contributed by atoms with Crippen molar-refractivity contribution in [3.8, 4) is 0 Å². The molecule has 0 aromatic rings. The summed E-state index contributed by atoms with van der Waals surface area (Å²) < 4.78 is 28.5. The van der Waals surface area contributed by atoms with E-state index in [-0.39, 0.29) is 13.1 Å². The van der Waals surface area contributed by atoms with E-state index < -0.39 is 12.3 Å². The first-order chi connectivity index (χ1) is 5.22. The Balaban J connectivity index is 2.39. The lowest BCUT2D eigenvalue weighted by Gasteiger charge is -2.26. The van der Waals surface area contributed by atoms with Crippen molar-refractivity contribution in [2.45, 2.75) is 6.43 Å². The molecule has 1 saturated heterocycles. The molecule has 0 aromatic carbocycles. The topological polar surface area (TPSA) is 29.5 Å². The van der Waals surface area contributed by atoms with Crippen LogP contribution in [0.4, 0.5) is 8.78 Å². The number of hydrogen-bond acceptors (Lipinski definition) is 2. The third kappa shape index (κ3) is 2.11. The van der Waals surface area contributed by atoms with Gasteiger partial charge in [-0.25, -0.2) is 0 Å². The second kappa shape index (κ2) is 3.61. The summed E-state index contributed by atoms with van der Waals surface area (Å²) in [6.07, 6.45) is -2.88. The van der Waals surface area contributed by atoms with Crippen LogP contribution in [0.15, 0.2) is 0 Å². The van der Waals surface area contributed by atoms with Gasteiger partial charge in [-0.1, -0.05) is 0 Å². The van der Waals surface area contributed by atoms with E-state index in [1.54, 1.807) is 0 Å². The van der Waals surface area contributed by atoms with Crippen LogP contribution in [0.2, 0.25) is 0 Å². The van der Waals surface area contributed by atoms with Crippen molar-refractivity contribution >= 4 is 5.91 Å². The summed E-state index contributed by atoms with van der Waals surface area (Å²) in [5.74, 6) is -1.09. The fourth-order valence-corrected chi connectivity index (χ4v) is 0.922. The van der Waals surface area contributed by atoms with E-state index in [4.69, 9.17) is 4.74 Å². The van der Waals surface area contributed by atoms with Crippen LogP contribution in [0.25, 0.3) is 0 Å². The number of carbonyl (C=O) groups excluding carboxylic acids is 1. The number of nitrogens with zero attached hydrogens (tertiary/aromatic N) is 1. The highest BCUT2D eigenvalue weighted by molar-refractivity contribution is 5.79. The van der Waals surface area contributed by atoms with Gasteiger partial charge in [0.25, 0.3) is 5.91 Å². The fraction of sp³-hybridized carbons (Fsp3) is 0.833. The number of morpholine rings is 1. The van der Waals surface area contributed by atoms with Gasteiger partial charge in [-0.05, 0) is 0 Å². The highest BCUT2D eigenvalue weighted by Gasteiger charge is 2.24. The zero-order valence-corrected chi connectivity index (χ0v) is 5.93. The molecule has 0 radical (unpaired) electrons. The fourth-order valence-electron chi connectivity index (χ4n) is 0.922.